The highest BCUT2D eigenvalue weighted by Crippen LogP contribution is 2.18. The molecule has 3 heteroatoms. The number of allylic oxidation sites excluding steroid dienone is 1. The van der Waals surface area contributed by atoms with Crippen molar-refractivity contribution in [3.8, 4) is 0 Å². The summed E-state index contributed by atoms with van der Waals surface area (Å²) >= 11 is 0. The molecule has 1 aliphatic rings. The van der Waals surface area contributed by atoms with E-state index in [9.17, 15) is 0 Å². The highest BCUT2D eigenvalue weighted by Gasteiger charge is 2.19. The van der Waals surface area contributed by atoms with Gasteiger partial charge in [-0.3, -0.25) is 0 Å². The highest BCUT2D eigenvalue weighted by atomic mass is 16.5. The van der Waals surface area contributed by atoms with Crippen LogP contribution >= 0.6 is 0 Å². The Morgan fingerprint density at radius 1 is 1.50 bits per heavy atom. The van der Waals surface area contributed by atoms with Gasteiger partial charge in [-0.2, -0.15) is 0 Å². The lowest BCUT2D eigenvalue weighted by Gasteiger charge is -2.22. The van der Waals surface area contributed by atoms with Crippen molar-refractivity contribution >= 4 is 0 Å². The first-order valence-electron chi connectivity index (χ1n) is 3.98. The first kappa shape index (κ1) is 9.29. The van der Waals surface area contributed by atoms with Gasteiger partial charge in [0, 0.05) is 19.6 Å². The van der Waals surface area contributed by atoms with Crippen LogP contribution in [0, 0.1) is 5.92 Å². The second-order valence-corrected chi connectivity index (χ2v) is 2.73. The second-order valence-electron chi connectivity index (χ2n) is 2.73. The Labute approximate surface area is 72.8 Å². The van der Waals surface area contributed by atoms with Crippen molar-refractivity contribution in [2.75, 3.05) is 20.8 Å². The van der Waals surface area contributed by atoms with E-state index in [1.165, 1.54) is 0 Å². The van der Waals surface area contributed by atoms with Gasteiger partial charge in [0.25, 0.3) is 0 Å². The highest BCUT2D eigenvalue weighted by molar-refractivity contribution is 5.22. The number of hydrogen-bond acceptors (Lipinski definition) is 3. The summed E-state index contributed by atoms with van der Waals surface area (Å²) in [5.41, 5.74) is 5.55. The van der Waals surface area contributed by atoms with E-state index in [4.69, 9.17) is 15.2 Å². The van der Waals surface area contributed by atoms with Crippen LogP contribution < -0.4 is 5.73 Å². The summed E-state index contributed by atoms with van der Waals surface area (Å²) in [6.07, 6.45) is 5.94. The maximum absolute atomic E-state index is 5.55. The number of hydrogen-bond donors (Lipinski definition) is 1. The van der Waals surface area contributed by atoms with Crippen molar-refractivity contribution in [3.05, 3.63) is 24.0 Å². The Hall–Kier alpha value is -0.800. The van der Waals surface area contributed by atoms with Crippen LogP contribution in [0.5, 0.6) is 0 Å². The van der Waals surface area contributed by atoms with E-state index in [0.29, 0.717) is 6.54 Å². The van der Waals surface area contributed by atoms with E-state index in [-0.39, 0.29) is 12.0 Å². The molecule has 0 heterocycles. The van der Waals surface area contributed by atoms with Crippen LogP contribution in [0.1, 0.15) is 0 Å². The lowest BCUT2D eigenvalue weighted by molar-refractivity contribution is 0.103. The number of rotatable bonds is 3. The molecule has 0 spiro atoms. The molecule has 1 unspecified atom stereocenters. The minimum absolute atomic E-state index is 0.0509. The van der Waals surface area contributed by atoms with E-state index in [2.05, 4.69) is 0 Å². The Kier molecular flexibility index (Phi) is 3.31. The fourth-order valence-electron chi connectivity index (χ4n) is 1.26. The Morgan fingerprint density at radius 3 is 2.75 bits per heavy atom. The molecule has 1 rings (SSSR count). The van der Waals surface area contributed by atoms with Crippen LogP contribution in [0.3, 0.4) is 0 Å². The van der Waals surface area contributed by atoms with E-state index in [1.54, 1.807) is 14.2 Å². The average Bonchev–Trinajstić information content (AvgIpc) is 2.16. The van der Waals surface area contributed by atoms with Gasteiger partial charge in [-0.15, -0.1) is 0 Å². The van der Waals surface area contributed by atoms with Gasteiger partial charge in [-0.25, -0.2) is 0 Å². The van der Waals surface area contributed by atoms with Crippen LogP contribution in [-0.2, 0) is 9.47 Å². The Morgan fingerprint density at radius 2 is 2.25 bits per heavy atom. The van der Waals surface area contributed by atoms with Crippen molar-refractivity contribution in [1.82, 2.24) is 0 Å². The first-order valence-corrected chi connectivity index (χ1v) is 3.98. The molecule has 0 aromatic heterocycles. The van der Waals surface area contributed by atoms with Crippen LogP contribution in [0.2, 0.25) is 0 Å². The Bertz CT molecular complexity index is 199. The van der Waals surface area contributed by atoms with Gasteiger partial charge in [0.15, 0.2) is 0 Å². The molecule has 0 amide bonds. The van der Waals surface area contributed by atoms with Crippen molar-refractivity contribution in [2.45, 2.75) is 6.10 Å². The number of ether oxygens (including phenoxy) is 2. The van der Waals surface area contributed by atoms with Crippen molar-refractivity contribution < 1.29 is 9.47 Å². The van der Waals surface area contributed by atoms with Crippen LogP contribution in [-0.4, -0.2) is 26.9 Å². The summed E-state index contributed by atoms with van der Waals surface area (Å²) < 4.78 is 10.3. The van der Waals surface area contributed by atoms with Gasteiger partial charge in [0.1, 0.15) is 5.76 Å². The molecule has 0 aliphatic heterocycles. The average molecular weight is 169 g/mol. The van der Waals surface area contributed by atoms with Gasteiger partial charge in [-0.05, 0) is 12.2 Å². The lowest BCUT2D eigenvalue weighted by atomic mass is 9.97. The molecule has 12 heavy (non-hydrogen) atoms. The first-order chi connectivity index (χ1) is 5.81. The molecule has 68 valence electrons. The summed E-state index contributed by atoms with van der Waals surface area (Å²) in [5.74, 6) is 1.11. The topological polar surface area (TPSA) is 44.5 Å². The third kappa shape index (κ3) is 1.87. The third-order valence-corrected chi connectivity index (χ3v) is 2.04. The predicted octanol–water partition coefficient (Wildman–Crippen LogP) is 0.676. The minimum Gasteiger partial charge on any atom is -0.497 e. The quantitative estimate of drug-likeness (QED) is 0.675. The van der Waals surface area contributed by atoms with Crippen molar-refractivity contribution in [3.63, 3.8) is 0 Å². The van der Waals surface area contributed by atoms with Gasteiger partial charge >= 0.3 is 0 Å². The molecule has 0 aromatic rings. The monoisotopic (exact) mass is 169 g/mol. The smallest absolute Gasteiger partial charge is 0.117 e. The van der Waals surface area contributed by atoms with E-state index < -0.39 is 0 Å². The van der Waals surface area contributed by atoms with Crippen molar-refractivity contribution in [1.29, 1.82) is 0 Å². The standard InChI is InChI=1S/C9H15NO2/c1-11-8-4-3-7(6-10)9(5-8)12-2/h3-5,7,9H,6,10H2,1-2H3/t7-,9?/m0/s1. The van der Waals surface area contributed by atoms with Gasteiger partial charge in [-0.1, -0.05) is 6.08 Å². The molecule has 0 saturated carbocycles. The summed E-state index contributed by atoms with van der Waals surface area (Å²) in [5, 5.41) is 0. The normalized spacial score (nSPS) is 28.4. The maximum atomic E-state index is 5.55. The van der Waals surface area contributed by atoms with Gasteiger partial charge in [0.05, 0.1) is 13.2 Å². The molecule has 2 N–H and O–H groups in total. The second kappa shape index (κ2) is 4.28. The maximum Gasteiger partial charge on any atom is 0.117 e. The van der Waals surface area contributed by atoms with Crippen LogP contribution in [0.25, 0.3) is 0 Å². The summed E-state index contributed by atoms with van der Waals surface area (Å²) in [6.45, 7) is 0.600. The molecule has 3 nitrogen and oxygen atoms in total. The predicted molar refractivity (Wildman–Crippen MR) is 47.6 cm³/mol. The number of nitrogens with two attached hydrogens (primary N) is 1. The molecule has 0 fully saturated rings. The molecule has 0 bridgehead atoms. The van der Waals surface area contributed by atoms with E-state index in [0.717, 1.165) is 5.76 Å². The SMILES string of the molecule is COC1=CC(OC)[C@H](CN)C=C1. The molecule has 2 atom stereocenters. The zero-order valence-corrected chi connectivity index (χ0v) is 7.49. The molecule has 0 aromatic carbocycles. The summed E-state index contributed by atoms with van der Waals surface area (Å²) in [6, 6.07) is 0. The molecule has 0 saturated heterocycles. The minimum atomic E-state index is 0.0509. The number of methoxy groups -OCH3 is 2. The molecular formula is C9H15NO2. The van der Waals surface area contributed by atoms with Crippen LogP contribution in [0.15, 0.2) is 24.0 Å². The molecule has 1 aliphatic carbocycles. The lowest BCUT2D eigenvalue weighted by Crippen LogP contribution is -2.28. The van der Waals surface area contributed by atoms with E-state index >= 15 is 0 Å². The summed E-state index contributed by atoms with van der Waals surface area (Å²) in [4.78, 5) is 0. The Balaban J connectivity index is 2.67. The molecular weight excluding hydrogens is 154 g/mol. The van der Waals surface area contributed by atoms with Crippen LogP contribution in [0.4, 0.5) is 0 Å². The fraction of sp³-hybridized carbons (Fsp3) is 0.556. The van der Waals surface area contributed by atoms with Gasteiger partial charge < -0.3 is 15.2 Å². The third-order valence-electron chi connectivity index (χ3n) is 2.04. The fourth-order valence-corrected chi connectivity index (χ4v) is 1.26. The zero-order chi connectivity index (χ0) is 8.97. The molecule has 0 radical (unpaired) electrons. The summed E-state index contributed by atoms with van der Waals surface area (Å²) in [7, 11) is 3.32. The zero-order valence-electron chi connectivity index (χ0n) is 7.49. The van der Waals surface area contributed by atoms with Gasteiger partial charge in [0.2, 0.25) is 0 Å². The van der Waals surface area contributed by atoms with Crippen molar-refractivity contribution in [2.24, 2.45) is 11.7 Å². The largest absolute Gasteiger partial charge is 0.497 e. The van der Waals surface area contributed by atoms with E-state index in [1.807, 2.05) is 18.2 Å².